The number of thiazole rings is 1. The number of aryl methyl sites for hydroxylation is 1. The highest BCUT2D eigenvalue weighted by Crippen LogP contribution is 2.19. The Hall–Kier alpha value is -2.45. The minimum absolute atomic E-state index is 0.1000. The van der Waals surface area contributed by atoms with Crippen LogP contribution in [0.2, 0.25) is 0 Å². The summed E-state index contributed by atoms with van der Waals surface area (Å²) in [6.45, 7) is 2.82. The lowest BCUT2D eigenvalue weighted by molar-refractivity contribution is -0.123. The number of ether oxygens (including phenoxy) is 2. The normalized spacial score (nSPS) is 19.7. The number of rotatable bonds is 6. The SMILES string of the molecule is Cc1nc(CC(=O)N[C@@H]2CCOC[C@H]2Oc2ccc(C(=O)O)cc2)cs1. The van der Waals surface area contributed by atoms with Gasteiger partial charge in [0.25, 0.3) is 0 Å². The van der Waals surface area contributed by atoms with Gasteiger partial charge in [-0.1, -0.05) is 0 Å². The average Bonchev–Trinajstić information content (AvgIpc) is 3.02. The van der Waals surface area contributed by atoms with Crippen LogP contribution in [0.15, 0.2) is 29.6 Å². The van der Waals surface area contributed by atoms with Gasteiger partial charge in [0.1, 0.15) is 11.9 Å². The van der Waals surface area contributed by atoms with Gasteiger partial charge in [0.05, 0.1) is 35.3 Å². The number of amides is 1. The first-order chi connectivity index (χ1) is 12.5. The van der Waals surface area contributed by atoms with Gasteiger partial charge in [0.15, 0.2) is 0 Å². The Bertz CT molecular complexity index is 774. The molecule has 1 fully saturated rings. The van der Waals surface area contributed by atoms with Crippen LogP contribution < -0.4 is 10.1 Å². The fourth-order valence-corrected chi connectivity index (χ4v) is 3.37. The van der Waals surface area contributed by atoms with Crippen molar-refractivity contribution in [3.8, 4) is 5.75 Å². The molecule has 7 nitrogen and oxygen atoms in total. The molecule has 2 atom stereocenters. The molecule has 0 saturated carbocycles. The van der Waals surface area contributed by atoms with Gasteiger partial charge in [-0.3, -0.25) is 4.79 Å². The summed E-state index contributed by atoms with van der Waals surface area (Å²) in [5, 5.41) is 14.8. The maximum Gasteiger partial charge on any atom is 0.335 e. The lowest BCUT2D eigenvalue weighted by Crippen LogP contribution is -2.51. The van der Waals surface area contributed by atoms with Crippen molar-refractivity contribution in [3.05, 3.63) is 45.9 Å². The maximum absolute atomic E-state index is 12.3. The number of benzene rings is 1. The average molecular weight is 376 g/mol. The summed E-state index contributed by atoms with van der Waals surface area (Å²) in [5.74, 6) is -0.545. The Morgan fingerprint density at radius 2 is 2.15 bits per heavy atom. The van der Waals surface area contributed by atoms with Crippen molar-refractivity contribution in [3.63, 3.8) is 0 Å². The quantitative estimate of drug-likeness (QED) is 0.801. The lowest BCUT2D eigenvalue weighted by Gasteiger charge is -2.32. The van der Waals surface area contributed by atoms with E-state index < -0.39 is 5.97 Å². The van der Waals surface area contributed by atoms with Crippen molar-refractivity contribution in [1.82, 2.24) is 10.3 Å². The third kappa shape index (κ3) is 4.80. The molecule has 0 bridgehead atoms. The fourth-order valence-electron chi connectivity index (χ4n) is 2.76. The molecule has 3 rings (SSSR count). The minimum Gasteiger partial charge on any atom is -0.486 e. The molecule has 26 heavy (non-hydrogen) atoms. The molecular formula is C18H20N2O5S. The molecule has 1 aromatic carbocycles. The molecule has 0 radical (unpaired) electrons. The highest BCUT2D eigenvalue weighted by molar-refractivity contribution is 7.09. The summed E-state index contributed by atoms with van der Waals surface area (Å²) in [6.07, 6.45) is 0.557. The van der Waals surface area contributed by atoms with Crippen molar-refractivity contribution in [1.29, 1.82) is 0 Å². The second-order valence-corrected chi connectivity index (χ2v) is 7.12. The van der Waals surface area contributed by atoms with Crippen molar-refractivity contribution in [2.75, 3.05) is 13.2 Å². The van der Waals surface area contributed by atoms with Crippen LogP contribution in [0.5, 0.6) is 5.75 Å². The molecular weight excluding hydrogens is 356 g/mol. The van der Waals surface area contributed by atoms with E-state index in [1.54, 1.807) is 12.1 Å². The van der Waals surface area contributed by atoms with Crippen LogP contribution >= 0.6 is 11.3 Å². The molecule has 2 N–H and O–H groups in total. The number of carbonyl (C=O) groups is 2. The van der Waals surface area contributed by atoms with Crippen LogP contribution in [-0.2, 0) is 16.0 Å². The Labute approximate surface area is 155 Å². The van der Waals surface area contributed by atoms with E-state index in [0.717, 1.165) is 10.7 Å². The van der Waals surface area contributed by atoms with Gasteiger partial charge in [0.2, 0.25) is 5.91 Å². The van der Waals surface area contributed by atoms with Crippen LogP contribution in [0.3, 0.4) is 0 Å². The third-order valence-electron chi connectivity index (χ3n) is 4.05. The largest absolute Gasteiger partial charge is 0.486 e. The van der Waals surface area contributed by atoms with Crippen LogP contribution in [-0.4, -0.2) is 47.3 Å². The first-order valence-corrected chi connectivity index (χ1v) is 9.17. The molecule has 0 unspecified atom stereocenters. The number of hydrogen-bond donors (Lipinski definition) is 2. The van der Waals surface area contributed by atoms with Crippen molar-refractivity contribution in [2.45, 2.75) is 31.9 Å². The van der Waals surface area contributed by atoms with E-state index in [0.29, 0.717) is 25.4 Å². The van der Waals surface area contributed by atoms with Gasteiger partial charge in [-0.15, -0.1) is 11.3 Å². The molecule has 0 aliphatic carbocycles. The van der Waals surface area contributed by atoms with E-state index in [-0.39, 0.29) is 30.0 Å². The van der Waals surface area contributed by atoms with Gasteiger partial charge >= 0.3 is 5.97 Å². The van der Waals surface area contributed by atoms with Crippen molar-refractivity contribution < 1.29 is 24.2 Å². The molecule has 1 amide bonds. The zero-order valence-electron chi connectivity index (χ0n) is 14.3. The molecule has 1 aromatic heterocycles. The molecule has 8 heteroatoms. The number of nitrogens with zero attached hydrogens (tertiary/aromatic N) is 1. The second kappa shape index (κ2) is 8.29. The third-order valence-corrected chi connectivity index (χ3v) is 4.87. The summed E-state index contributed by atoms with van der Waals surface area (Å²) < 4.78 is 11.4. The van der Waals surface area contributed by atoms with Gasteiger partial charge < -0.3 is 19.9 Å². The summed E-state index contributed by atoms with van der Waals surface area (Å²) in [7, 11) is 0. The predicted molar refractivity (Wildman–Crippen MR) is 95.7 cm³/mol. The zero-order valence-corrected chi connectivity index (χ0v) is 15.1. The molecule has 2 heterocycles. The first kappa shape index (κ1) is 18.3. The summed E-state index contributed by atoms with van der Waals surface area (Å²) >= 11 is 1.52. The van der Waals surface area contributed by atoms with E-state index in [1.807, 2.05) is 12.3 Å². The van der Waals surface area contributed by atoms with E-state index in [1.165, 1.54) is 23.5 Å². The van der Waals surface area contributed by atoms with Gasteiger partial charge in [-0.05, 0) is 37.6 Å². The smallest absolute Gasteiger partial charge is 0.335 e. The molecule has 138 valence electrons. The van der Waals surface area contributed by atoms with Crippen LogP contribution in [0.25, 0.3) is 0 Å². The van der Waals surface area contributed by atoms with E-state index >= 15 is 0 Å². The van der Waals surface area contributed by atoms with Crippen LogP contribution in [0.4, 0.5) is 0 Å². The predicted octanol–water partition coefficient (Wildman–Crippen LogP) is 2.04. The number of carboxylic acid groups (broad SMARTS) is 1. The fraction of sp³-hybridized carbons (Fsp3) is 0.389. The Morgan fingerprint density at radius 1 is 1.38 bits per heavy atom. The standard InChI is InChI=1S/C18H20N2O5S/c1-11-19-13(10-26-11)8-17(21)20-15-6-7-24-9-16(15)25-14-4-2-12(3-5-14)18(22)23/h2-5,10,15-16H,6-9H2,1H3,(H,20,21)(H,22,23)/t15-,16-/m1/s1. The monoisotopic (exact) mass is 376 g/mol. The maximum atomic E-state index is 12.3. The number of aromatic nitrogens is 1. The minimum atomic E-state index is -0.986. The lowest BCUT2D eigenvalue weighted by atomic mass is 10.1. The van der Waals surface area contributed by atoms with E-state index in [4.69, 9.17) is 14.6 Å². The summed E-state index contributed by atoms with van der Waals surface area (Å²) in [4.78, 5) is 27.5. The molecule has 1 saturated heterocycles. The van der Waals surface area contributed by atoms with Crippen molar-refractivity contribution in [2.24, 2.45) is 0 Å². The van der Waals surface area contributed by atoms with Crippen LogP contribution in [0, 0.1) is 6.92 Å². The number of nitrogens with one attached hydrogen (secondary N) is 1. The molecule has 1 aliphatic heterocycles. The van der Waals surface area contributed by atoms with E-state index in [9.17, 15) is 9.59 Å². The Kier molecular flexibility index (Phi) is 5.85. The zero-order chi connectivity index (χ0) is 18.5. The first-order valence-electron chi connectivity index (χ1n) is 8.29. The summed E-state index contributed by atoms with van der Waals surface area (Å²) in [6, 6.07) is 6.01. The molecule has 0 spiro atoms. The van der Waals surface area contributed by atoms with Crippen LogP contribution in [0.1, 0.15) is 27.5 Å². The van der Waals surface area contributed by atoms with Gasteiger partial charge in [-0.25, -0.2) is 9.78 Å². The van der Waals surface area contributed by atoms with Crippen molar-refractivity contribution >= 4 is 23.2 Å². The molecule has 2 aromatic rings. The Morgan fingerprint density at radius 3 is 2.81 bits per heavy atom. The van der Waals surface area contributed by atoms with E-state index in [2.05, 4.69) is 10.3 Å². The van der Waals surface area contributed by atoms with Gasteiger partial charge in [-0.2, -0.15) is 0 Å². The summed E-state index contributed by atoms with van der Waals surface area (Å²) in [5.41, 5.74) is 0.958. The number of aromatic carboxylic acids is 1. The topological polar surface area (TPSA) is 97.8 Å². The highest BCUT2D eigenvalue weighted by Gasteiger charge is 2.29. The Balaban J connectivity index is 1.60. The van der Waals surface area contributed by atoms with Gasteiger partial charge in [0, 0.05) is 12.0 Å². The number of hydrogen-bond acceptors (Lipinski definition) is 6. The molecule has 1 aliphatic rings. The highest BCUT2D eigenvalue weighted by atomic mass is 32.1. The number of carbonyl (C=O) groups excluding carboxylic acids is 1. The number of carboxylic acids is 1. The second-order valence-electron chi connectivity index (χ2n) is 6.06.